The van der Waals surface area contributed by atoms with Gasteiger partial charge in [-0.2, -0.15) is 0 Å². The highest BCUT2D eigenvalue weighted by Gasteiger charge is 2.37. The standard InChI is InChI=1S/C11H20N2O3/c1-4-5-13-8(2)7-12(3)9(11(13)16)6-10(14)15/h8-9H,4-7H2,1-3H3,(H,14,15). The van der Waals surface area contributed by atoms with Gasteiger partial charge in [0.1, 0.15) is 0 Å². The molecule has 2 unspecified atom stereocenters. The molecular weight excluding hydrogens is 208 g/mol. The Morgan fingerprint density at radius 3 is 2.69 bits per heavy atom. The molecule has 1 amide bonds. The van der Waals surface area contributed by atoms with Crippen LogP contribution in [0.5, 0.6) is 0 Å². The van der Waals surface area contributed by atoms with Gasteiger partial charge in [-0.25, -0.2) is 0 Å². The van der Waals surface area contributed by atoms with E-state index in [0.717, 1.165) is 13.0 Å². The van der Waals surface area contributed by atoms with Gasteiger partial charge in [-0.1, -0.05) is 6.92 Å². The van der Waals surface area contributed by atoms with Gasteiger partial charge in [0.2, 0.25) is 5.91 Å². The molecule has 2 atom stereocenters. The Morgan fingerprint density at radius 2 is 2.19 bits per heavy atom. The van der Waals surface area contributed by atoms with Crippen molar-refractivity contribution in [2.45, 2.75) is 38.8 Å². The van der Waals surface area contributed by atoms with Gasteiger partial charge in [0.05, 0.1) is 12.5 Å². The third-order valence-corrected chi connectivity index (χ3v) is 3.02. The van der Waals surface area contributed by atoms with Crippen molar-refractivity contribution in [3.8, 4) is 0 Å². The summed E-state index contributed by atoms with van der Waals surface area (Å²) in [7, 11) is 1.81. The van der Waals surface area contributed by atoms with Gasteiger partial charge in [0.25, 0.3) is 0 Å². The molecular formula is C11H20N2O3. The minimum atomic E-state index is -0.920. The Balaban J connectivity index is 2.76. The fraction of sp³-hybridized carbons (Fsp3) is 0.818. The lowest BCUT2D eigenvalue weighted by Gasteiger charge is -2.42. The molecule has 1 aliphatic heterocycles. The molecule has 92 valence electrons. The normalized spacial score (nSPS) is 27.2. The lowest BCUT2D eigenvalue weighted by molar-refractivity contribution is -0.151. The number of nitrogens with zero attached hydrogens (tertiary/aromatic N) is 2. The fourth-order valence-electron chi connectivity index (χ4n) is 2.22. The Kier molecular flexibility index (Phi) is 4.29. The topological polar surface area (TPSA) is 60.9 Å². The van der Waals surface area contributed by atoms with Crippen LogP contribution in [0.1, 0.15) is 26.7 Å². The maximum atomic E-state index is 12.1. The van der Waals surface area contributed by atoms with Gasteiger partial charge < -0.3 is 10.0 Å². The molecule has 1 heterocycles. The molecule has 1 rings (SSSR count). The van der Waals surface area contributed by atoms with Gasteiger partial charge in [-0.3, -0.25) is 14.5 Å². The third-order valence-electron chi connectivity index (χ3n) is 3.02. The molecule has 0 spiro atoms. The number of hydrogen-bond donors (Lipinski definition) is 1. The lowest BCUT2D eigenvalue weighted by atomic mass is 10.0. The van der Waals surface area contributed by atoms with E-state index in [-0.39, 0.29) is 18.4 Å². The first kappa shape index (κ1) is 13.0. The largest absolute Gasteiger partial charge is 0.481 e. The zero-order valence-corrected chi connectivity index (χ0v) is 10.1. The predicted molar refractivity (Wildman–Crippen MR) is 60.1 cm³/mol. The summed E-state index contributed by atoms with van der Waals surface area (Å²) < 4.78 is 0. The van der Waals surface area contributed by atoms with E-state index in [0.29, 0.717) is 6.54 Å². The van der Waals surface area contributed by atoms with Crippen LogP contribution in [0.15, 0.2) is 0 Å². The SMILES string of the molecule is CCCN1C(=O)C(CC(=O)O)N(C)CC1C. The summed E-state index contributed by atoms with van der Waals surface area (Å²) in [4.78, 5) is 26.4. The predicted octanol–water partition coefficient (Wildman–Crippen LogP) is 0.402. The van der Waals surface area contributed by atoms with Crippen molar-refractivity contribution in [3.05, 3.63) is 0 Å². The highest BCUT2D eigenvalue weighted by molar-refractivity contribution is 5.87. The number of carboxylic acid groups (broad SMARTS) is 1. The van der Waals surface area contributed by atoms with E-state index < -0.39 is 12.0 Å². The minimum absolute atomic E-state index is 0.0505. The van der Waals surface area contributed by atoms with E-state index >= 15 is 0 Å². The average molecular weight is 228 g/mol. The first-order valence-corrected chi connectivity index (χ1v) is 5.69. The summed E-state index contributed by atoms with van der Waals surface area (Å²) in [6, 6.07) is -0.331. The van der Waals surface area contributed by atoms with Gasteiger partial charge in [-0.15, -0.1) is 0 Å². The summed E-state index contributed by atoms with van der Waals surface area (Å²) in [5.74, 6) is -0.971. The molecule has 16 heavy (non-hydrogen) atoms. The zero-order valence-electron chi connectivity index (χ0n) is 10.1. The number of carbonyl (C=O) groups excluding carboxylic acids is 1. The number of likely N-dealkylation sites (N-methyl/N-ethyl adjacent to an activating group) is 1. The fourth-order valence-corrected chi connectivity index (χ4v) is 2.22. The summed E-state index contributed by atoms with van der Waals surface area (Å²) in [6.45, 7) is 5.47. The number of piperazine rings is 1. The second-order valence-electron chi connectivity index (χ2n) is 4.43. The van der Waals surface area contributed by atoms with Crippen LogP contribution < -0.4 is 0 Å². The molecule has 5 heteroatoms. The second-order valence-corrected chi connectivity index (χ2v) is 4.43. The van der Waals surface area contributed by atoms with Crippen LogP contribution in [0.2, 0.25) is 0 Å². The molecule has 0 aromatic carbocycles. The van der Waals surface area contributed by atoms with E-state index in [9.17, 15) is 9.59 Å². The second kappa shape index (κ2) is 5.30. The number of carboxylic acids is 1. The lowest BCUT2D eigenvalue weighted by Crippen LogP contribution is -2.60. The maximum Gasteiger partial charge on any atom is 0.305 e. The average Bonchev–Trinajstić information content (AvgIpc) is 2.19. The molecule has 0 bridgehead atoms. The van der Waals surface area contributed by atoms with Crippen LogP contribution in [0.4, 0.5) is 0 Å². The van der Waals surface area contributed by atoms with Crippen LogP contribution in [0.3, 0.4) is 0 Å². The third kappa shape index (κ3) is 2.72. The highest BCUT2D eigenvalue weighted by atomic mass is 16.4. The number of aliphatic carboxylic acids is 1. The van der Waals surface area contributed by atoms with E-state index in [1.807, 2.05) is 25.8 Å². The van der Waals surface area contributed by atoms with Crippen molar-refractivity contribution in [3.63, 3.8) is 0 Å². The van der Waals surface area contributed by atoms with Gasteiger partial charge >= 0.3 is 5.97 Å². The Labute approximate surface area is 96.0 Å². The summed E-state index contributed by atoms with van der Waals surface area (Å²) in [5, 5.41) is 8.79. The van der Waals surface area contributed by atoms with Crippen molar-refractivity contribution in [2.75, 3.05) is 20.1 Å². The number of rotatable bonds is 4. The van der Waals surface area contributed by atoms with Gasteiger partial charge in [0, 0.05) is 19.1 Å². The smallest absolute Gasteiger partial charge is 0.305 e. The van der Waals surface area contributed by atoms with Crippen LogP contribution in [0, 0.1) is 0 Å². The van der Waals surface area contributed by atoms with Crippen LogP contribution in [-0.4, -0.2) is 59.0 Å². The molecule has 0 aromatic heterocycles. The highest BCUT2D eigenvalue weighted by Crippen LogP contribution is 2.17. The molecule has 5 nitrogen and oxygen atoms in total. The summed E-state index contributed by atoms with van der Waals surface area (Å²) in [6.07, 6.45) is 0.794. The van der Waals surface area contributed by atoms with Crippen molar-refractivity contribution < 1.29 is 14.7 Å². The van der Waals surface area contributed by atoms with E-state index in [4.69, 9.17) is 5.11 Å². The van der Waals surface area contributed by atoms with Crippen molar-refractivity contribution >= 4 is 11.9 Å². The number of hydrogen-bond acceptors (Lipinski definition) is 3. The van der Waals surface area contributed by atoms with Crippen LogP contribution in [-0.2, 0) is 9.59 Å². The maximum absolute atomic E-state index is 12.1. The van der Waals surface area contributed by atoms with E-state index in [2.05, 4.69) is 0 Å². The molecule has 0 radical (unpaired) electrons. The van der Waals surface area contributed by atoms with Crippen molar-refractivity contribution in [2.24, 2.45) is 0 Å². The molecule has 1 fully saturated rings. The Hall–Kier alpha value is -1.10. The van der Waals surface area contributed by atoms with Crippen molar-refractivity contribution in [1.82, 2.24) is 9.80 Å². The molecule has 1 N–H and O–H groups in total. The molecule has 1 aliphatic rings. The Bertz CT molecular complexity index is 280. The van der Waals surface area contributed by atoms with Crippen molar-refractivity contribution in [1.29, 1.82) is 0 Å². The molecule has 0 aliphatic carbocycles. The molecule has 0 aromatic rings. The number of carbonyl (C=O) groups is 2. The summed E-state index contributed by atoms with van der Waals surface area (Å²) in [5.41, 5.74) is 0. The first-order valence-electron chi connectivity index (χ1n) is 5.69. The zero-order chi connectivity index (χ0) is 12.3. The summed E-state index contributed by atoms with van der Waals surface area (Å²) >= 11 is 0. The van der Waals surface area contributed by atoms with E-state index in [1.165, 1.54) is 0 Å². The molecule has 0 saturated carbocycles. The van der Waals surface area contributed by atoms with E-state index in [1.54, 1.807) is 4.90 Å². The molecule has 1 saturated heterocycles. The van der Waals surface area contributed by atoms with Crippen LogP contribution in [0.25, 0.3) is 0 Å². The monoisotopic (exact) mass is 228 g/mol. The van der Waals surface area contributed by atoms with Crippen LogP contribution >= 0.6 is 0 Å². The quantitative estimate of drug-likeness (QED) is 0.756. The first-order chi connectivity index (χ1) is 7.47. The Morgan fingerprint density at radius 1 is 1.56 bits per heavy atom. The number of amides is 1. The minimum Gasteiger partial charge on any atom is -0.481 e. The van der Waals surface area contributed by atoms with Gasteiger partial charge in [0.15, 0.2) is 0 Å². The van der Waals surface area contributed by atoms with Gasteiger partial charge in [-0.05, 0) is 20.4 Å².